The molecule has 7 nitrogen and oxygen atoms in total. The molecule has 1 N–H and O–H groups in total. The molecule has 0 aliphatic carbocycles. The van der Waals surface area contributed by atoms with Gasteiger partial charge in [0.1, 0.15) is 16.2 Å². The van der Waals surface area contributed by atoms with E-state index in [1.807, 2.05) is 20.8 Å². The maximum absolute atomic E-state index is 13.1. The van der Waals surface area contributed by atoms with Crippen molar-refractivity contribution in [3.05, 3.63) is 71.9 Å². The Morgan fingerprint density at radius 3 is 2.10 bits per heavy atom. The van der Waals surface area contributed by atoms with Crippen molar-refractivity contribution < 1.29 is 21.6 Å². The molecule has 10 heteroatoms. The average Bonchev–Trinajstić information content (AvgIpc) is 2.69. The molecule has 2 aromatic carbocycles. The van der Waals surface area contributed by atoms with E-state index in [1.165, 1.54) is 42.6 Å². The molecule has 0 aliphatic heterocycles. The van der Waals surface area contributed by atoms with Crippen molar-refractivity contribution in [2.75, 3.05) is 4.72 Å². The molecular weight excluding hydrogens is 460 g/mol. The molecule has 3 aromatic rings. The van der Waals surface area contributed by atoms with Crippen LogP contribution in [0.5, 0.6) is 5.75 Å². The van der Waals surface area contributed by atoms with Crippen molar-refractivity contribution in [1.82, 2.24) is 4.98 Å². The number of ether oxygens (including phenoxy) is 1. The summed E-state index contributed by atoms with van der Waals surface area (Å²) in [5.74, 6) is 0.159. The fourth-order valence-electron chi connectivity index (χ4n) is 2.66. The summed E-state index contributed by atoms with van der Waals surface area (Å²) >= 11 is 5.95. The summed E-state index contributed by atoms with van der Waals surface area (Å²) in [6.07, 6.45) is 1.17. The molecule has 1 aromatic heterocycles. The van der Waals surface area contributed by atoms with Crippen LogP contribution in [0.4, 0.5) is 5.82 Å². The first-order valence-corrected chi connectivity index (χ1v) is 12.5. The Morgan fingerprint density at radius 2 is 1.52 bits per heavy atom. The SMILES string of the molecule is CC(C)(C)Oc1ccc(S(=O)(=O)Nc2ncc(Cl)cc2S(=O)(=O)c2ccccc2)cc1. The molecule has 0 aliphatic rings. The molecule has 0 saturated carbocycles. The van der Waals surface area contributed by atoms with Crippen LogP contribution in [0.1, 0.15) is 20.8 Å². The molecule has 0 radical (unpaired) electrons. The minimum absolute atomic E-state index is 0.0109. The summed E-state index contributed by atoms with van der Waals surface area (Å²) in [5.41, 5.74) is -0.438. The molecule has 0 atom stereocenters. The first-order chi connectivity index (χ1) is 14.4. The van der Waals surface area contributed by atoms with E-state index in [-0.39, 0.29) is 25.5 Å². The quantitative estimate of drug-likeness (QED) is 0.555. The van der Waals surface area contributed by atoms with Gasteiger partial charge in [-0.2, -0.15) is 0 Å². The Morgan fingerprint density at radius 1 is 0.903 bits per heavy atom. The molecule has 3 rings (SSSR count). The molecule has 164 valence electrons. The van der Waals surface area contributed by atoms with Crippen LogP contribution in [-0.4, -0.2) is 27.4 Å². The summed E-state index contributed by atoms with van der Waals surface area (Å²) in [7, 11) is -8.19. The van der Waals surface area contributed by atoms with E-state index in [0.717, 1.165) is 6.07 Å². The second-order valence-electron chi connectivity index (χ2n) is 7.61. The fraction of sp³-hybridized carbons (Fsp3) is 0.190. The summed E-state index contributed by atoms with van der Waals surface area (Å²) in [5, 5.41) is 0.0566. The molecule has 31 heavy (non-hydrogen) atoms. The lowest BCUT2D eigenvalue weighted by atomic mass is 10.2. The molecule has 0 amide bonds. The van der Waals surface area contributed by atoms with Gasteiger partial charge in [0, 0.05) is 6.20 Å². The minimum Gasteiger partial charge on any atom is -0.488 e. The van der Waals surface area contributed by atoms with E-state index < -0.39 is 25.5 Å². The lowest BCUT2D eigenvalue weighted by molar-refractivity contribution is 0.131. The van der Waals surface area contributed by atoms with E-state index in [9.17, 15) is 16.8 Å². The van der Waals surface area contributed by atoms with Crippen molar-refractivity contribution >= 4 is 37.3 Å². The van der Waals surface area contributed by atoms with Crippen molar-refractivity contribution in [2.24, 2.45) is 0 Å². The van der Waals surface area contributed by atoms with Gasteiger partial charge in [0.05, 0.1) is 14.8 Å². The first-order valence-electron chi connectivity index (χ1n) is 9.16. The van der Waals surface area contributed by atoms with Crippen LogP contribution in [0, 0.1) is 0 Å². The largest absolute Gasteiger partial charge is 0.488 e. The van der Waals surface area contributed by atoms with E-state index >= 15 is 0 Å². The van der Waals surface area contributed by atoms with Crippen LogP contribution in [0.3, 0.4) is 0 Å². The number of nitrogens with zero attached hydrogens (tertiary/aromatic N) is 1. The number of hydrogen-bond acceptors (Lipinski definition) is 6. The maximum Gasteiger partial charge on any atom is 0.263 e. The minimum atomic E-state index is -4.13. The highest BCUT2D eigenvalue weighted by atomic mass is 35.5. The number of pyridine rings is 1. The van der Waals surface area contributed by atoms with Gasteiger partial charge in [0.15, 0.2) is 5.82 Å². The zero-order valence-electron chi connectivity index (χ0n) is 17.0. The Bertz CT molecular complexity index is 1290. The van der Waals surface area contributed by atoms with E-state index in [2.05, 4.69) is 9.71 Å². The van der Waals surface area contributed by atoms with Gasteiger partial charge in [0.25, 0.3) is 10.0 Å². The highest BCUT2D eigenvalue weighted by Gasteiger charge is 2.26. The van der Waals surface area contributed by atoms with Crippen molar-refractivity contribution in [3.63, 3.8) is 0 Å². The van der Waals surface area contributed by atoms with Gasteiger partial charge < -0.3 is 4.74 Å². The van der Waals surface area contributed by atoms with Crippen LogP contribution in [0.15, 0.2) is 81.5 Å². The maximum atomic E-state index is 13.1. The Balaban J connectivity index is 1.98. The molecule has 1 heterocycles. The number of halogens is 1. The average molecular weight is 481 g/mol. The van der Waals surface area contributed by atoms with Crippen LogP contribution in [0.2, 0.25) is 5.02 Å². The van der Waals surface area contributed by atoms with Crippen molar-refractivity contribution in [3.8, 4) is 5.75 Å². The highest BCUT2D eigenvalue weighted by molar-refractivity contribution is 7.93. The molecule has 0 spiro atoms. The van der Waals surface area contributed by atoms with E-state index in [4.69, 9.17) is 16.3 Å². The van der Waals surface area contributed by atoms with Gasteiger partial charge in [-0.3, -0.25) is 4.72 Å². The summed E-state index contributed by atoms with van der Waals surface area (Å²) in [6, 6.07) is 14.6. The van der Waals surface area contributed by atoms with Crippen molar-refractivity contribution in [2.45, 2.75) is 41.1 Å². The summed E-state index contributed by atoms with van der Waals surface area (Å²) < 4.78 is 59.8. The van der Waals surface area contributed by atoms with E-state index in [1.54, 1.807) is 18.2 Å². The Labute approximate surface area is 187 Å². The predicted octanol–water partition coefficient (Wildman–Crippen LogP) is 4.55. The Hall–Kier alpha value is -2.62. The monoisotopic (exact) mass is 480 g/mol. The molecule has 0 fully saturated rings. The molecule has 0 bridgehead atoms. The van der Waals surface area contributed by atoms with Crippen LogP contribution < -0.4 is 9.46 Å². The fourth-order valence-corrected chi connectivity index (χ4v) is 5.38. The second kappa shape index (κ2) is 8.49. The number of rotatable bonds is 6. The first kappa shape index (κ1) is 23.1. The summed E-state index contributed by atoms with van der Waals surface area (Å²) in [4.78, 5) is 3.49. The van der Waals surface area contributed by atoms with Gasteiger partial charge in [-0.25, -0.2) is 21.8 Å². The molecular formula is C21H21ClN2O5S2. The molecule has 0 unspecified atom stereocenters. The van der Waals surface area contributed by atoms with Crippen LogP contribution in [0.25, 0.3) is 0 Å². The van der Waals surface area contributed by atoms with Crippen molar-refractivity contribution in [1.29, 1.82) is 0 Å². The number of aromatic nitrogens is 1. The third-order valence-electron chi connectivity index (χ3n) is 3.95. The highest BCUT2D eigenvalue weighted by Crippen LogP contribution is 2.30. The number of anilines is 1. The number of nitrogens with one attached hydrogen (secondary N) is 1. The number of benzene rings is 2. The van der Waals surface area contributed by atoms with Gasteiger partial charge in [-0.1, -0.05) is 29.8 Å². The number of sulfone groups is 1. The lowest BCUT2D eigenvalue weighted by Gasteiger charge is -2.21. The number of hydrogen-bond donors (Lipinski definition) is 1. The van der Waals surface area contributed by atoms with Gasteiger partial charge in [-0.15, -0.1) is 0 Å². The molecule has 0 saturated heterocycles. The zero-order valence-corrected chi connectivity index (χ0v) is 19.4. The second-order valence-corrected chi connectivity index (χ2v) is 11.6. The van der Waals surface area contributed by atoms with Gasteiger partial charge >= 0.3 is 0 Å². The third kappa shape index (κ3) is 5.55. The predicted molar refractivity (Wildman–Crippen MR) is 119 cm³/mol. The third-order valence-corrected chi connectivity index (χ3v) is 7.30. The van der Waals surface area contributed by atoms with Gasteiger partial charge in [0.2, 0.25) is 9.84 Å². The zero-order chi connectivity index (χ0) is 22.9. The summed E-state index contributed by atoms with van der Waals surface area (Å²) in [6.45, 7) is 5.63. The lowest BCUT2D eigenvalue weighted by Crippen LogP contribution is -2.23. The van der Waals surface area contributed by atoms with Crippen LogP contribution >= 0.6 is 11.6 Å². The number of sulfonamides is 1. The standard InChI is InChI=1S/C21H21ClN2O5S2/c1-21(2,3)29-16-9-11-18(12-10-16)31(27,28)24-20-19(13-15(22)14-23-20)30(25,26)17-7-5-4-6-8-17/h4-14H,1-3H3,(H,23,24). The van der Waals surface area contributed by atoms with E-state index in [0.29, 0.717) is 5.75 Å². The Kier molecular flexibility index (Phi) is 6.31. The van der Waals surface area contributed by atoms with Crippen LogP contribution in [-0.2, 0) is 19.9 Å². The topological polar surface area (TPSA) is 102 Å². The van der Waals surface area contributed by atoms with Gasteiger partial charge in [-0.05, 0) is 63.2 Å². The smallest absolute Gasteiger partial charge is 0.263 e. The normalized spacial score (nSPS) is 12.4.